The van der Waals surface area contributed by atoms with Gasteiger partial charge in [0.2, 0.25) is 0 Å². The Kier molecular flexibility index (Phi) is 4.99. The Balaban J connectivity index is 1.58. The quantitative estimate of drug-likeness (QED) is 0.719. The minimum Gasteiger partial charge on any atom is -0.459 e. The molecule has 0 saturated heterocycles. The Hall–Kier alpha value is -3.59. The van der Waals surface area contributed by atoms with Gasteiger partial charge >= 0.3 is 5.97 Å². The van der Waals surface area contributed by atoms with Crippen LogP contribution in [0.4, 0.5) is 0 Å². The maximum absolute atomic E-state index is 12.0. The van der Waals surface area contributed by atoms with Crippen LogP contribution in [0, 0.1) is 18.3 Å². The zero-order valence-corrected chi connectivity index (χ0v) is 14.2. The molecule has 0 spiro atoms. The highest BCUT2D eigenvalue weighted by atomic mass is 16.5. The lowest BCUT2D eigenvalue weighted by Crippen LogP contribution is -2.30. The van der Waals surface area contributed by atoms with Crippen LogP contribution in [0.15, 0.2) is 54.9 Å². The number of ether oxygens (including phenoxy) is 1. The molecule has 3 rings (SSSR count). The van der Waals surface area contributed by atoms with Crippen molar-refractivity contribution in [2.45, 2.75) is 13.5 Å². The van der Waals surface area contributed by atoms with E-state index >= 15 is 0 Å². The third kappa shape index (κ3) is 3.73. The minimum absolute atomic E-state index is 0.0241. The molecule has 0 unspecified atom stereocenters. The van der Waals surface area contributed by atoms with Crippen molar-refractivity contribution in [3.63, 3.8) is 0 Å². The number of nitriles is 1. The molecule has 2 aromatic heterocycles. The van der Waals surface area contributed by atoms with E-state index < -0.39 is 5.97 Å². The molecule has 0 saturated carbocycles. The molecule has 0 fully saturated rings. The second kappa shape index (κ2) is 7.53. The summed E-state index contributed by atoms with van der Waals surface area (Å²) in [7, 11) is 0. The molecule has 6 nitrogen and oxygen atoms in total. The zero-order valence-electron chi connectivity index (χ0n) is 14.2. The molecule has 0 atom stereocenters. The molecule has 6 heteroatoms. The number of pyridine rings is 1. The number of rotatable bonds is 5. The van der Waals surface area contributed by atoms with Crippen LogP contribution in [0.3, 0.4) is 0 Å². The van der Waals surface area contributed by atoms with Crippen molar-refractivity contribution in [3.8, 4) is 6.07 Å². The molecule has 1 aromatic carbocycles. The van der Waals surface area contributed by atoms with Gasteiger partial charge in [0.1, 0.15) is 19.2 Å². The average molecular weight is 347 g/mol. The fraction of sp³-hybridized carbons (Fsp3) is 0.150. The van der Waals surface area contributed by atoms with Gasteiger partial charge in [-0.15, -0.1) is 0 Å². The maximum Gasteiger partial charge on any atom is 0.325 e. The van der Waals surface area contributed by atoms with Crippen LogP contribution in [0.1, 0.15) is 27.0 Å². The summed E-state index contributed by atoms with van der Waals surface area (Å²) in [5, 5.41) is 11.9. The number of amides is 1. The van der Waals surface area contributed by atoms with Crippen LogP contribution in [0.2, 0.25) is 0 Å². The number of aromatic nitrogens is 1. The number of carbonyl (C=O) groups is 2. The number of hydrogen-bond acceptors (Lipinski definition) is 4. The summed E-state index contributed by atoms with van der Waals surface area (Å²) in [6.45, 7) is 1.63. The van der Waals surface area contributed by atoms with Crippen LogP contribution in [0.5, 0.6) is 0 Å². The number of nitrogens with one attached hydrogen (secondary N) is 1. The Bertz CT molecular complexity index is 1010. The number of carbonyl (C=O) groups excluding carboxylic acids is 2. The van der Waals surface area contributed by atoms with Crippen molar-refractivity contribution in [3.05, 3.63) is 77.1 Å². The fourth-order valence-corrected chi connectivity index (χ4v) is 2.67. The molecule has 0 aliphatic carbocycles. The SMILES string of the molecule is Cc1cccc(C(=O)NCC(=O)OCc2cn3ccccc3c2C#N)c1. The van der Waals surface area contributed by atoms with E-state index in [1.165, 1.54) is 0 Å². The molecule has 0 aliphatic heterocycles. The molecule has 0 bridgehead atoms. The van der Waals surface area contributed by atoms with Crippen molar-refractivity contribution in [2.24, 2.45) is 0 Å². The summed E-state index contributed by atoms with van der Waals surface area (Å²) in [6, 6.07) is 14.7. The van der Waals surface area contributed by atoms with Crippen molar-refractivity contribution in [1.29, 1.82) is 5.26 Å². The van der Waals surface area contributed by atoms with Gasteiger partial charge in [-0.1, -0.05) is 23.8 Å². The summed E-state index contributed by atoms with van der Waals surface area (Å²) in [4.78, 5) is 23.9. The number of esters is 1. The van der Waals surface area contributed by atoms with Gasteiger partial charge < -0.3 is 14.5 Å². The first-order valence-corrected chi connectivity index (χ1v) is 8.07. The third-order valence-corrected chi connectivity index (χ3v) is 3.94. The topological polar surface area (TPSA) is 83.6 Å². The number of nitrogens with zero attached hydrogens (tertiary/aromatic N) is 2. The molecule has 0 aliphatic rings. The average Bonchev–Trinajstić information content (AvgIpc) is 3.01. The molecule has 1 N–H and O–H groups in total. The minimum atomic E-state index is -0.565. The van der Waals surface area contributed by atoms with Crippen molar-refractivity contribution in [1.82, 2.24) is 9.72 Å². The first kappa shape index (κ1) is 17.2. The molecular formula is C20H17N3O3. The van der Waals surface area contributed by atoms with Crippen LogP contribution in [0.25, 0.3) is 5.52 Å². The van der Waals surface area contributed by atoms with E-state index in [0.29, 0.717) is 16.7 Å². The van der Waals surface area contributed by atoms with Gasteiger partial charge in [-0.3, -0.25) is 9.59 Å². The van der Waals surface area contributed by atoms with E-state index in [1.54, 1.807) is 28.8 Å². The maximum atomic E-state index is 12.0. The Labute approximate surface area is 150 Å². The van der Waals surface area contributed by atoms with Gasteiger partial charge in [-0.05, 0) is 31.2 Å². The van der Waals surface area contributed by atoms with E-state index in [1.807, 2.05) is 37.4 Å². The highest BCUT2D eigenvalue weighted by molar-refractivity contribution is 5.96. The van der Waals surface area contributed by atoms with E-state index in [-0.39, 0.29) is 19.1 Å². The lowest BCUT2D eigenvalue weighted by molar-refractivity contribution is -0.143. The van der Waals surface area contributed by atoms with Crippen LogP contribution in [-0.2, 0) is 16.1 Å². The zero-order chi connectivity index (χ0) is 18.5. The van der Waals surface area contributed by atoms with Gasteiger partial charge in [-0.2, -0.15) is 5.26 Å². The molecule has 130 valence electrons. The highest BCUT2D eigenvalue weighted by Crippen LogP contribution is 2.18. The van der Waals surface area contributed by atoms with Crippen LogP contribution < -0.4 is 5.32 Å². The number of benzene rings is 1. The molecule has 0 radical (unpaired) electrons. The summed E-state index contributed by atoms with van der Waals surface area (Å²) in [5.41, 5.74) is 3.31. The highest BCUT2D eigenvalue weighted by Gasteiger charge is 2.13. The lowest BCUT2D eigenvalue weighted by Gasteiger charge is -2.06. The van der Waals surface area contributed by atoms with Crippen molar-refractivity contribution in [2.75, 3.05) is 6.54 Å². The number of hydrogen-bond donors (Lipinski definition) is 1. The van der Waals surface area contributed by atoms with Gasteiger partial charge in [0.25, 0.3) is 5.91 Å². The first-order valence-electron chi connectivity index (χ1n) is 8.07. The van der Waals surface area contributed by atoms with Crippen LogP contribution in [-0.4, -0.2) is 22.8 Å². The van der Waals surface area contributed by atoms with E-state index in [0.717, 1.165) is 11.1 Å². The Morgan fingerprint density at radius 1 is 1.23 bits per heavy atom. The van der Waals surface area contributed by atoms with Crippen molar-refractivity contribution >= 4 is 17.4 Å². The van der Waals surface area contributed by atoms with Gasteiger partial charge in [0.05, 0.1) is 11.1 Å². The standard InChI is InChI=1S/C20H17N3O3/c1-14-5-4-6-15(9-14)20(25)22-11-19(24)26-13-16-12-23-8-3-2-7-18(23)17(16)10-21/h2-9,12H,11,13H2,1H3,(H,22,25). The molecule has 26 heavy (non-hydrogen) atoms. The third-order valence-electron chi connectivity index (χ3n) is 3.94. The first-order chi connectivity index (χ1) is 12.6. The molecule has 3 aromatic rings. The van der Waals surface area contributed by atoms with Gasteiger partial charge in [0.15, 0.2) is 0 Å². The summed E-state index contributed by atoms with van der Waals surface area (Å²) < 4.78 is 7.00. The second-order valence-electron chi connectivity index (χ2n) is 5.85. The Morgan fingerprint density at radius 2 is 2.08 bits per heavy atom. The monoisotopic (exact) mass is 347 g/mol. The van der Waals surface area contributed by atoms with E-state index in [4.69, 9.17) is 4.74 Å². The largest absolute Gasteiger partial charge is 0.459 e. The predicted octanol–water partition coefficient (Wildman–Crippen LogP) is 2.59. The smallest absolute Gasteiger partial charge is 0.325 e. The fourth-order valence-electron chi connectivity index (χ4n) is 2.67. The summed E-state index contributed by atoms with van der Waals surface area (Å²) in [5.74, 6) is -0.900. The summed E-state index contributed by atoms with van der Waals surface area (Å²) in [6.07, 6.45) is 3.58. The van der Waals surface area contributed by atoms with Gasteiger partial charge in [0, 0.05) is 23.5 Å². The molecule has 1 amide bonds. The molecular weight excluding hydrogens is 330 g/mol. The van der Waals surface area contributed by atoms with Crippen molar-refractivity contribution < 1.29 is 14.3 Å². The number of fused-ring (bicyclic) bond motifs is 1. The van der Waals surface area contributed by atoms with Gasteiger partial charge in [-0.25, -0.2) is 0 Å². The molecule has 2 heterocycles. The lowest BCUT2D eigenvalue weighted by atomic mass is 10.1. The normalized spacial score (nSPS) is 10.3. The number of aryl methyl sites for hydroxylation is 1. The summed E-state index contributed by atoms with van der Waals surface area (Å²) >= 11 is 0. The van der Waals surface area contributed by atoms with E-state index in [9.17, 15) is 14.9 Å². The van der Waals surface area contributed by atoms with E-state index in [2.05, 4.69) is 11.4 Å². The second-order valence-corrected chi connectivity index (χ2v) is 5.85. The van der Waals surface area contributed by atoms with Crippen LogP contribution >= 0.6 is 0 Å². The predicted molar refractivity (Wildman–Crippen MR) is 95.4 cm³/mol. The Morgan fingerprint density at radius 3 is 2.85 bits per heavy atom.